The van der Waals surface area contributed by atoms with Crippen LogP contribution in [0.25, 0.3) is 0 Å². The smallest absolute Gasteiger partial charge is 0.0780 e. The zero-order valence-corrected chi connectivity index (χ0v) is 5.23. The van der Waals surface area contributed by atoms with E-state index in [1.807, 2.05) is 18.2 Å². The van der Waals surface area contributed by atoms with Gasteiger partial charge in [0.15, 0.2) is 0 Å². The molecule has 2 radical (unpaired) electrons. The lowest BCUT2D eigenvalue weighted by molar-refractivity contribution is 1.01. The minimum Gasteiger partial charge on any atom is -0.0897 e. The molecule has 0 aliphatic heterocycles. The average Bonchev–Trinajstić information content (AvgIpc) is 1.77. The topological polar surface area (TPSA) is 0 Å². The van der Waals surface area contributed by atoms with E-state index in [1.54, 1.807) is 0 Å². The molecule has 0 saturated carbocycles. The summed E-state index contributed by atoms with van der Waals surface area (Å²) in [4.78, 5) is 0. The first-order valence-electron chi connectivity index (χ1n) is 2.58. The first kappa shape index (κ1) is 5.96. The molecule has 0 N–H and O–H groups in total. The van der Waals surface area contributed by atoms with E-state index in [0.29, 0.717) is 0 Å². The summed E-state index contributed by atoms with van der Waals surface area (Å²) in [6.45, 7) is 0. The molecule has 0 amide bonds. The van der Waals surface area contributed by atoms with Gasteiger partial charge in [-0.25, -0.2) is 0 Å². The third-order valence-corrected chi connectivity index (χ3v) is 1.54. The lowest BCUT2D eigenvalue weighted by Gasteiger charge is -2.09. The first-order chi connectivity index (χ1) is 3.80. The van der Waals surface area contributed by atoms with E-state index in [-0.39, 0.29) is 5.82 Å². The van der Waals surface area contributed by atoms with Crippen molar-refractivity contribution >= 4 is 19.4 Å². The normalized spacial score (nSPS) is 27.6. The zero-order chi connectivity index (χ0) is 5.98. The predicted octanol–water partition coefficient (Wildman–Crippen LogP) is 2.03. The number of rotatable bonds is 0. The quantitative estimate of drug-likeness (QED) is 0.434. The SMILES string of the molecule is [B]C1CC=CC=C1Cl. The minimum absolute atomic E-state index is 0.0432. The summed E-state index contributed by atoms with van der Waals surface area (Å²) in [6.07, 6.45) is 6.63. The monoisotopic (exact) mass is 124 g/mol. The second kappa shape index (κ2) is 2.41. The maximum absolute atomic E-state index is 5.65. The minimum atomic E-state index is 0.0432. The molecule has 8 heavy (non-hydrogen) atoms. The van der Waals surface area contributed by atoms with Gasteiger partial charge in [0.05, 0.1) is 7.85 Å². The first-order valence-corrected chi connectivity index (χ1v) is 2.96. The van der Waals surface area contributed by atoms with Crippen LogP contribution in [0.15, 0.2) is 23.3 Å². The van der Waals surface area contributed by atoms with Gasteiger partial charge in [0, 0.05) is 5.03 Å². The standard InChI is InChI=1S/C6H6BCl/c7-5-3-1-2-4-6(5)8/h1-2,4-5H,3H2. The fourth-order valence-corrected chi connectivity index (χ4v) is 0.783. The van der Waals surface area contributed by atoms with E-state index in [9.17, 15) is 0 Å². The van der Waals surface area contributed by atoms with Crippen molar-refractivity contribution in [1.29, 1.82) is 0 Å². The van der Waals surface area contributed by atoms with E-state index in [4.69, 9.17) is 19.4 Å². The molecular formula is C6H6BCl. The third kappa shape index (κ3) is 1.16. The highest BCUT2D eigenvalue weighted by Crippen LogP contribution is 2.25. The molecule has 0 bridgehead atoms. The molecule has 40 valence electrons. The lowest BCUT2D eigenvalue weighted by Crippen LogP contribution is -1.92. The van der Waals surface area contributed by atoms with Gasteiger partial charge in [-0.2, -0.15) is 0 Å². The summed E-state index contributed by atoms with van der Waals surface area (Å²) >= 11 is 5.65. The Balaban J connectivity index is 2.66. The van der Waals surface area contributed by atoms with Crippen LogP contribution in [-0.2, 0) is 0 Å². The fraction of sp³-hybridized carbons (Fsp3) is 0.333. The third-order valence-electron chi connectivity index (χ3n) is 1.14. The summed E-state index contributed by atoms with van der Waals surface area (Å²) < 4.78 is 0. The summed E-state index contributed by atoms with van der Waals surface area (Å²) in [6, 6.07) is 0. The van der Waals surface area contributed by atoms with Crippen LogP contribution in [-0.4, -0.2) is 7.85 Å². The van der Waals surface area contributed by atoms with Crippen LogP contribution in [0.4, 0.5) is 0 Å². The summed E-state index contributed by atoms with van der Waals surface area (Å²) in [7, 11) is 5.53. The van der Waals surface area contributed by atoms with Gasteiger partial charge in [-0.05, 0) is 18.3 Å². The molecule has 1 atom stereocenters. The molecule has 0 saturated heterocycles. The summed E-state index contributed by atoms with van der Waals surface area (Å²) in [5, 5.41) is 0.757. The predicted molar refractivity (Wildman–Crippen MR) is 37.2 cm³/mol. The Bertz CT molecular complexity index is 137. The molecule has 1 rings (SSSR count). The van der Waals surface area contributed by atoms with Gasteiger partial charge >= 0.3 is 0 Å². The summed E-state index contributed by atoms with van der Waals surface area (Å²) in [5.74, 6) is 0.0432. The van der Waals surface area contributed by atoms with Crippen molar-refractivity contribution in [2.24, 2.45) is 0 Å². The Hall–Kier alpha value is -0.165. The van der Waals surface area contributed by atoms with Crippen molar-refractivity contribution in [2.45, 2.75) is 12.2 Å². The number of halogens is 1. The van der Waals surface area contributed by atoms with Crippen molar-refractivity contribution in [3.63, 3.8) is 0 Å². The van der Waals surface area contributed by atoms with Crippen LogP contribution < -0.4 is 0 Å². The molecule has 2 heteroatoms. The Labute approximate surface area is 55.6 Å². The van der Waals surface area contributed by atoms with Crippen LogP contribution in [0.2, 0.25) is 5.82 Å². The van der Waals surface area contributed by atoms with Gasteiger partial charge < -0.3 is 0 Å². The second-order valence-electron chi connectivity index (χ2n) is 1.82. The molecule has 0 nitrogen and oxygen atoms in total. The zero-order valence-electron chi connectivity index (χ0n) is 4.47. The largest absolute Gasteiger partial charge is 0.0897 e. The van der Waals surface area contributed by atoms with Gasteiger partial charge in [0.1, 0.15) is 0 Å². The van der Waals surface area contributed by atoms with Gasteiger partial charge in [-0.15, -0.1) is 0 Å². The highest BCUT2D eigenvalue weighted by molar-refractivity contribution is 6.35. The van der Waals surface area contributed by atoms with Crippen LogP contribution in [0, 0.1) is 0 Å². The van der Waals surface area contributed by atoms with E-state index >= 15 is 0 Å². The van der Waals surface area contributed by atoms with E-state index < -0.39 is 0 Å². The Morgan fingerprint density at radius 1 is 1.75 bits per heavy atom. The molecule has 0 fully saturated rings. The van der Waals surface area contributed by atoms with E-state index in [0.717, 1.165) is 11.5 Å². The van der Waals surface area contributed by atoms with Gasteiger partial charge in [0.2, 0.25) is 0 Å². The van der Waals surface area contributed by atoms with Gasteiger partial charge in [-0.1, -0.05) is 23.8 Å². The highest BCUT2D eigenvalue weighted by atomic mass is 35.5. The van der Waals surface area contributed by atoms with Crippen LogP contribution in [0.5, 0.6) is 0 Å². The van der Waals surface area contributed by atoms with Crippen LogP contribution in [0.3, 0.4) is 0 Å². The van der Waals surface area contributed by atoms with Crippen molar-refractivity contribution in [3.05, 3.63) is 23.3 Å². The molecule has 1 aliphatic rings. The summed E-state index contributed by atoms with van der Waals surface area (Å²) in [5.41, 5.74) is 0. The molecule has 0 aromatic carbocycles. The van der Waals surface area contributed by atoms with Crippen LogP contribution >= 0.6 is 11.6 Å². The number of hydrogen-bond acceptors (Lipinski definition) is 0. The average molecular weight is 124 g/mol. The molecule has 0 heterocycles. The Morgan fingerprint density at radius 2 is 2.50 bits per heavy atom. The molecular weight excluding hydrogens is 118 g/mol. The van der Waals surface area contributed by atoms with Crippen LogP contribution in [0.1, 0.15) is 6.42 Å². The Morgan fingerprint density at radius 3 is 2.88 bits per heavy atom. The molecule has 0 aromatic rings. The molecule has 0 aromatic heterocycles. The van der Waals surface area contributed by atoms with Crippen molar-refractivity contribution in [2.75, 3.05) is 0 Å². The maximum Gasteiger partial charge on any atom is 0.0780 e. The molecule has 1 aliphatic carbocycles. The number of hydrogen-bond donors (Lipinski definition) is 0. The van der Waals surface area contributed by atoms with E-state index in [2.05, 4.69) is 0 Å². The van der Waals surface area contributed by atoms with Crippen molar-refractivity contribution in [3.8, 4) is 0 Å². The Kier molecular flexibility index (Phi) is 1.79. The van der Waals surface area contributed by atoms with Gasteiger partial charge in [0.25, 0.3) is 0 Å². The fourth-order valence-electron chi connectivity index (χ4n) is 0.621. The molecule has 0 spiro atoms. The second-order valence-corrected chi connectivity index (χ2v) is 2.26. The van der Waals surface area contributed by atoms with E-state index in [1.165, 1.54) is 0 Å². The van der Waals surface area contributed by atoms with Crippen molar-refractivity contribution in [1.82, 2.24) is 0 Å². The van der Waals surface area contributed by atoms with Gasteiger partial charge in [-0.3, -0.25) is 0 Å². The van der Waals surface area contributed by atoms with Crippen molar-refractivity contribution < 1.29 is 0 Å². The lowest BCUT2D eigenvalue weighted by atomic mass is 9.82. The number of allylic oxidation sites excluding steroid dienone is 4. The highest BCUT2D eigenvalue weighted by Gasteiger charge is 2.04. The maximum atomic E-state index is 5.65. The molecule has 1 unspecified atom stereocenters.